The van der Waals surface area contributed by atoms with Crippen molar-refractivity contribution in [3.05, 3.63) is 59.4 Å². The van der Waals surface area contributed by atoms with Crippen LogP contribution in [0.5, 0.6) is 5.75 Å². The van der Waals surface area contributed by atoms with E-state index >= 15 is 0 Å². The molecular formula is C19H24N6O2. The normalized spacial score (nSPS) is 15.5. The second-order valence-electron chi connectivity index (χ2n) is 6.91. The smallest absolute Gasteiger partial charge is 0.137 e. The molecule has 1 aromatic carbocycles. The molecule has 8 heteroatoms. The summed E-state index contributed by atoms with van der Waals surface area (Å²) < 4.78 is 9.29. The van der Waals surface area contributed by atoms with Gasteiger partial charge in [-0.05, 0) is 30.7 Å². The summed E-state index contributed by atoms with van der Waals surface area (Å²) in [6, 6.07) is 8.30. The van der Waals surface area contributed by atoms with Crippen LogP contribution >= 0.6 is 0 Å². The maximum absolute atomic E-state index is 9.75. The first-order chi connectivity index (χ1) is 13.1. The van der Waals surface area contributed by atoms with Crippen LogP contribution < -0.4 is 4.74 Å². The first-order valence-corrected chi connectivity index (χ1v) is 9.07. The number of nitrogens with zero attached hydrogens (tertiary/aromatic N) is 6. The monoisotopic (exact) mass is 368 g/mol. The van der Waals surface area contributed by atoms with E-state index in [9.17, 15) is 5.11 Å². The molecule has 1 N–H and O–H groups in total. The first-order valence-electron chi connectivity index (χ1n) is 9.07. The lowest BCUT2D eigenvalue weighted by atomic mass is 10.1. The van der Waals surface area contributed by atoms with Gasteiger partial charge in [-0.15, -0.1) is 0 Å². The van der Waals surface area contributed by atoms with Crippen LogP contribution in [0.25, 0.3) is 0 Å². The Morgan fingerprint density at radius 1 is 1.22 bits per heavy atom. The molecule has 1 aliphatic rings. The number of aliphatic hydroxyl groups excluding tert-OH is 1. The highest BCUT2D eigenvalue weighted by Gasteiger charge is 2.20. The number of methoxy groups -OCH3 is 1. The molecule has 0 radical (unpaired) electrons. The molecule has 142 valence electrons. The topological polar surface area (TPSA) is 81.2 Å². The van der Waals surface area contributed by atoms with Crippen molar-refractivity contribution in [1.29, 1.82) is 0 Å². The van der Waals surface area contributed by atoms with Crippen molar-refractivity contribution < 1.29 is 9.84 Å². The number of benzene rings is 1. The Kier molecular flexibility index (Phi) is 4.91. The van der Waals surface area contributed by atoms with Crippen molar-refractivity contribution in [2.75, 3.05) is 13.7 Å². The minimum atomic E-state index is -0.530. The van der Waals surface area contributed by atoms with Crippen molar-refractivity contribution >= 4 is 0 Å². The van der Waals surface area contributed by atoms with Crippen LogP contribution in [0.15, 0.2) is 36.9 Å². The Balaban J connectivity index is 1.49. The molecule has 3 heterocycles. The first kappa shape index (κ1) is 17.7. The van der Waals surface area contributed by atoms with Crippen LogP contribution in [0.3, 0.4) is 0 Å². The molecule has 27 heavy (non-hydrogen) atoms. The molecule has 1 atom stereocenters. The molecule has 1 aliphatic heterocycles. The summed E-state index contributed by atoms with van der Waals surface area (Å²) in [6.45, 7) is 5.82. The summed E-state index contributed by atoms with van der Waals surface area (Å²) in [6.07, 6.45) is 2.71. The SMILES string of the molecule is COc1ccc(CN2CCn3nc([C@H](C)O)cc3C2)cc1Cn1cncn1. The number of ether oxygens (including phenoxy) is 1. The van der Waals surface area contributed by atoms with Gasteiger partial charge in [-0.25, -0.2) is 9.67 Å². The predicted octanol–water partition coefficient (Wildman–Crippen LogP) is 1.60. The lowest BCUT2D eigenvalue weighted by Gasteiger charge is -2.27. The van der Waals surface area contributed by atoms with E-state index in [0.717, 1.165) is 48.9 Å². The standard InChI is InChI=1S/C19H24N6O2/c1-14(26)18-8-17-11-23(5-6-25(17)22-18)9-15-3-4-19(27-2)16(7-15)10-24-13-20-12-21-24/h3-4,7-8,12-14,26H,5-6,9-11H2,1-2H3/t14-/m0/s1. The second-order valence-corrected chi connectivity index (χ2v) is 6.91. The number of aliphatic hydroxyl groups is 1. The molecule has 0 spiro atoms. The number of hydrogen-bond donors (Lipinski definition) is 1. The van der Waals surface area contributed by atoms with E-state index in [1.165, 1.54) is 11.9 Å². The molecule has 0 aliphatic carbocycles. The predicted molar refractivity (Wildman–Crippen MR) is 99.1 cm³/mol. The summed E-state index contributed by atoms with van der Waals surface area (Å²) in [5.41, 5.74) is 4.20. The Morgan fingerprint density at radius 3 is 2.85 bits per heavy atom. The van der Waals surface area contributed by atoms with Gasteiger partial charge in [0.25, 0.3) is 0 Å². The van der Waals surface area contributed by atoms with E-state index in [2.05, 4.69) is 32.2 Å². The summed E-state index contributed by atoms with van der Waals surface area (Å²) >= 11 is 0. The number of hydrogen-bond acceptors (Lipinski definition) is 6. The fraction of sp³-hybridized carbons (Fsp3) is 0.421. The molecule has 0 saturated carbocycles. The number of rotatable bonds is 6. The van der Waals surface area contributed by atoms with Crippen molar-refractivity contribution in [3.63, 3.8) is 0 Å². The summed E-state index contributed by atoms with van der Waals surface area (Å²) in [5.74, 6) is 0.854. The van der Waals surface area contributed by atoms with Crippen LogP contribution in [-0.2, 0) is 26.2 Å². The average Bonchev–Trinajstić information content (AvgIpc) is 3.31. The van der Waals surface area contributed by atoms with Gasteiger partial charge < -0.3 is 9.84 Å². The van der Waals surface area contributed by atoms with Crippen molar-refractivity contribution in [3.8, 4) is 5.75 Å². The van der Waals surface area contributed by atoms with Crippen LogP contribution in [-0.4, -0.2) is 48.2 Å². The average molecular weight is 368 g/mol. The van der Waals surface area contributed by atoms with Gasteiger partial charge in [0.15, 0.2) is 0 Å². The lowest BCUT2D eigenvalue weighted by Crippen LogP contribution is -2.33. The molecule has 2 aromatic heterocycles. The fourth-order valence-electron chi connectivity index (χ4n) is 3.48. The third kappa shape index (κ3) is 3.86. The van der Waals surface area contributed by atoms with Gasteiger partial charge in [0.1, 0.15) is 18.4 Å². The van der Waals surface area contributed by atoms with E-state index in [0.29, 0.717) is 6.54 Å². The largest absolute Gasteiger partial charge is 0.496 e. The fourth-order valence-corrected chi connectivity index (χ4v) is 3.48. The zero-order valence-electron chi connectivity index (χ0n) is 15.6. The molecule has 0 saturated heterocycles. The van der Waals surface area contributed by atoms with Crippen LogP contribution in [0, 0.1) is 0 Å². The number of aromatic nitrogens is 5. The maximum Gasteiger partial charge on any atom is 0.137 e. The van der Waals surface area contributed by atoms with Crippen molar-refractivity contribution in [2.24, 2.45) is 0 Å². The second kappa shape index (κ2) is 7.50. The van der Waals surface area contributed by atoms with Gasteiger partial charge in [-0.3, -0.25) is 9.58 Å². The van der Waals surface area contributed by atoms with Gasteiger partial charge in [0.2, 0.25) is 0 Å². The van der Waals surface area contributed by atoms with Gasteiger partial charge in [0.05, 0.1) is 37.7 Å². The summed E-state index contributed by atoms with van der Waals surface area (Å²) in [7, 11) is 1.69. The van der Waals surface area contributed by atoms with E-state index in [-0.39, 0.29) is 0 Å². The molecule has 0 bridgehead atoms. The van der Waals surface area contributed by atoms with E-state index < -0.39 is 6.10 Å². The summed E-state index contributed by atoms with van der Waals surface area (Å²) in [5, 5.41) is 18.4. The molecule has 0 unspecified atom stereocenters. The molecule has 8 nitrogen and oxygen atoms in total. The molecule has 0 fully saturated rings. The van der Waals surface area contributed by atoms with Gasteiger partial charge in [-0.2, -0.15) is 10.2 Å². The zero-order chi connectivity index (χ0) is 18.8. The Bertz CT molecular complexity index is 903. The quantitative estimate of drug-likeness (QED) is 0.712. The van der Waals surface area contributed by atoms with Gasteiger partial charge in [-0.1, -0.05) is 6.07 Å². The Hall–Kier alpha value is -2.71. The molecular weight excluding hydrogens is 344 g/mol. The van der Waals surface area contributed by atoms with Crippen LogP contribution in [0.4, 0.5) is 0 Å². The summed E-state index contributed by atoms with van der Waals surface area (Å²) in [4.78, 5) is 6.40. The molecule has 4 rings (SSSR count). The Labute approximate surface area is 158 Å². The molecule has 0 amide bonds. The molecule has 3 aromatic rings. The van der Waals surface area contributed by atoms with E-state index in [1.54, 1.807) is 25.0 Å². The van der Waals surface area contributed by atoms with Crippen molar-refractivity contribution in [2.45, 2.75) is 39.2 Å². The maximum atomic E-state index is 9.75. The van der Waals surface area contributed by atoms with Crippen LogP contribution in [0.1, 0.15) is 35.5 Å². The highest BCUT2D eigenvalue weighted by Crippen LogP contribution is 2.23. The highest BCUT2D eigenvalue weighted by atomic mass is 16.5. The minimum Gasteiger partial charge on any atom is -0.496 e. The van der Waals surface area contributed by atoms with E-state index in [1.807, 2.05) is 16.8 Å². The van der Waals surface area contributed by atoms with Gasteiger partial charge in [0, 0.05) is 25.2 Å². The minimum absolute atomic E-state index is 0.530. The van der Waals surface area contributed by atoms with Crippen LogP contribution in [0.2, 0.25) is 0 Å². The van der Waals surface area contributed by atoms with Crippen molar-refractivity contribution in [1.82, 2.24) is 29.4 Å². The Morgan fingerprint density at radius 2 is 2.11 bits per heavy atom. The lowest BCUT2D eigenvalue weighted by molar-refractivity contribution is 0.189. The zero-order valence-corrected chi connectivity index (χ0v) is 15.6. The highest BCUT2D eigenvalue weighted by molar-refractivity contribution is 5.37. The van der Waals surface area contributed by atoms with E-state index in [4.69, 9.17) is 4.74 Å². The third-order valence-corrected chi connectivity index (χ3v) is 4.87. The third-order valence-electron chi connectivity index (χ3n) is 4.87. The van der Waals surface area contributed by atoms with Gasteiger partial charge >= 0.3 is 0 Å². The number of fused-ring (bicyclic) bond motifs is 1.